The first-order valence-corrected chi connectivity index (χ1v) is 3.22. The number of carbonyl (C=O) groups excluding carboxylic acids is 1. The van der Waals surface area contributed by atoms with Gasteiger partial charge in [0.05, 0.1) is 7.11 Å². The van der Waals surface area contributed by atoms with Crippen molar-refractivity contribution in [1.29, 1.82) is 0 Å². The Hall–Kier alpha value is -1.78. The highest BCUT2D eigenvalue weighted by molar-refractivity contribution is 5.83. The van der Waals surface area contributed by atoms with Crippen molar-refractivity contribution in [3.05, 3.63) is 18.3 Å². The molecule has 1 aromatic heterocycles. The number of nitrogens with one attached hydrogen (secondary N) is 1. The predicted molar refractivity (Wildman–Crippen MR) is 41.9 cm³/mol. The van der Waals surface area contributed by atoms with Gasteiger partial charge < -0.3 is 9.84 Å². The Kier molecular flexibility index (Phi) is 2.47. The van der Waals surface area contributed by atoms with Gasteiger partial charge in [-0.1, -0.05) is 0 Å². The summed E-state index contributed by atoms with van der Waals surface area (Å²) in [4.78, 5) is 14.4. The number of aromatic nitrogens is 1. The van der Waals surface area contributed by atoms with Gasteiger partial charge in [0.2, 0.25) is 0 Å². The smallest absolute Gasteiger partial charge is 0.412 e. The molecule has 1 heterocycles. The van der Waals surface area contributed by atoms with Crippen LogP contribution in [0.5, 0.6) is 5.75 Å². The fourth-order valence-electron chi connectivity index (χ4n) is 0.643. The summed E-state index contributed by atoms with van der Waals surface area (Å²) < 4.78 is 4.32. The van der Waals surface area contributed by atoms with Crippen LogP contribution in [-0.4, -0.2) is 23.3 Å². The zero-order valence-electron chi connectivity index (χ0n) is 6.44. The third kappa shape index (κ3) is 2.12. The molecule has 0 aliphatic heterocycles. The molecule has 5 heteroatoms. The summed E-state index contributed by atoms with van der Waals surface area (Å²) in [6.07, 6.45) is 0.758. The van der Waals surface area contributed by atoms with Crippen LogP contribution in [0.2, 0.25) is 0 Å². The number of hydrogen-bond donors (Lipinski definition) is 2. The molecule has 0 saturated carbocycles. The van der Waals surface area contributed by atoms with Crippen molar-refractivity contribution in [2.24, 2.45) is 0 Å². The molecule has 1 amide bonds. The second kappa shape index (κ2) is 3.56. The number of methoxy groups -OCH3 is 1. The third-order valence-corrected chi connectivity index (χ3v) is 1.16. The van der Waals surface area contributed by atoms with E-state index in [1.165, 1.54) is 25.4 Å². The molecule has 0 unspecified atom stereocenters. The summed E-state index contributed by atoms with van der Waals surface area (Å²) in [5.41, 5.74) is 0. The van der Waals surface area contributed by atoms with Crippen LogP contribution in [0, 0.1) is 0 Å². The van der Waals surface area contributed by atoms with Crippen LogP contribution in [0.15, 0.2) is 18.3 Å². The van der Waals surface area contributed by atoms with Gasteiger partial charge in [0, 0.05) is 12.3 Å². The molecule has 0 saturated heterocycles. The number of aromatic hydroxyl groups is 1. The molecular weight excluding hydrogens is 160 g/mol. The lowest BCUT2D eigenvalue weighted by Crippen LogP contribution is -2.11. The normalized spacial score (nSPS) is 9.08. The van der Waals surface area contributed by atoms with Gasteiger partial charge in [-0.2, -0.15) is 0 Å². The van der Waals surface area contributed by atoms with E-state index in [9.17, 15) is 4.79 Å². The first-order chi connectivity index (χ1) is 5.72. The van der Waals surface area contributed by atoms with Crippen LogP contribution >= 0.6 is 0 Å². The average Bonchev–Trinajstić information content (AvgIpc) is 2.04. The first-order valence-electron chi connectivity index (χ1n) is 3.22. The van der Waals surface area contributed by atoms with E-state index in [0.29, 0.717) is 0 Å². The Morgan fingerprint density at radius 1 is 1.75 bits per heavy atom. The lowest BCUT2D eigenvalue weighted by molar-refractivity contribution is 0.187. The fraction of sp³-hybridized carbons (Fsp3) is 0.143. The molecule has 1 aromatic rings. The maximum Gasteiger partial charge on any atom is 0.412 e. The molecule has 1 rings (SSSR count). The van der Waals surface area contributed by atoms with Crippen molar-refractivity contribution in [3.8, 4) is 5.75 Å². The van der Waals surface area contributed by atoms with Crippen LogP contribution in [0.4, 0.5) is 10.6 Å². The number of amides is 1. The van der Waals surface area contributed by atoms with Crippen LogP contribution in [0.25, 0.3) is 0 Å². The van der Waals surface area contributed by atoms with Gasteiger partial charge in [0.25, 0.3) is 0 Å². The maximum absolute atomic E-state index is 10.6. The van der Waals surface area contributed by atoms with E-state index in [1.54, 1.807) is 0 Å². The number of ether oxygens (including phenoxy) is 1. The zero-order chi connectivity index (χ0) is 8.97. The standard InChI is InChI=1S/C7H8N2O3/c1-12-7(11)9-6-4-5(10)2-3-8-6/h2-4H,1H3,(H2,8,9,10,11). The number of rotatable bonds is 1. The minimum Gasteiger partial charge on any atom is -0.508 e. The Labute approximate surface area is 69.0 Å². The summed E-state index contributed by atoms with van der Waals surface area (Å²) in [6, 6.07) is 2.72. The highest BCUT2D eigenvalue weighted by Gasteiger charge is 2.00. The Balaban J connectivity index is 2.69. The highest BCUT2D eigenvalue weighted by Crippen LogP contribution is 2.11. The second-order valence-corrected chi connectivity index (χ2v) is 2.02. The quantitative estimate of drug-likeness (QED) is 0.655. The monoisotopic (exact) mass is 168 g/mol. The van der Waals surface area contributed by atoms with Crippen molar-refractivity contribution in [3.63, 3.8) is 0 Å². The molecule has 0 bridgehead atoms. The molecule has 0 fully saturated rings. The van der Waals surface area contributed by atoms with Crippen molar-refractivity contribution in [1.82, 2.24) is 4.98 Å². The van der Waals surface area contributed by atoms with Gasteiger partial charge in [-0.3, -0.25) is 5.32 Å². The largest absolute Gasteiger partial charge is 0.508 e. The molecule has 2 N–H and O–H groups in total. The van der Waals surface area contributed by atoms with Crippen LogP contribution < -0.4 is 5.32 Å². The maximum atomic E-state index is 10.6. The number of nitrogens with zero attached hydrogens (tertiary/aromatic N) is 1. The van der Waals surface area contributed by atoms with Gasteiger partial charge in [-0.05, 0) is 6.07 Å². The van der Waals surface area contributed by atoms with E-state index >= 15 is 0 Å². The van der Waals surface area contributed by atoms with Crippen LogP contribution in [0.3, 0.4) is 0 Å². The Bertz CT molecular complexity index is 288. The van der Waals surface area contributed by atoms with E-state index in [2.05, 4.69) is 15.0 Å². The average molecular weight is 168 g/mol. The zero-order valence-corrected chi connectivity index (χ0v) is 6.44. The molecular formula is C7H8N2O3. The summed E-state index contributed by atoms with van der Waals surface area (Å²) in [6.45, 7) is 0. The van der Waals surface area contributed by atoms with E-state index in [-0.39, 0.29) is 11.6 Å². The van der Waals surface area contributed by atoms with E-state index in [4.69, 9.17) is 5.11 Å². The summed E-state index contributed by atoms with van der Waals surface area (Å²) in [5.74, 6) is 0.290. The van der Waals surface area contributed by atoms with Crippen molar-refractivity contribution in [2.45, 2.75) is 0 Å². The first kappa shape index (κ1) is 8.32. The fourth-order valence-corrected chi connectivity index (χ4v) is 0.643. The molecule has 0 aliphatic carbocycles. The molecule has 0 radical (unpaired) electrons. The second-order valence-electron chi connectivity index (χ2n) is 2.02. The Morgan fingerprint density at radius 2 is 2.50 bits per heavy atom. The molecule has 0 aliphatic rings. The van der Waals surface area contributed by atoms with Gasteiger partial charge in [-0.25, -0.2) is 9.78 Å². The molecule has 12 heavy (non-hydrogen) atoms. The lowest BCUT2D eigenvalue weighted by atomic mass is 10.4. The molecule has 0 aromatic carbocycles. The van der Waals surface area contributed by atoms with Gasteiger partial charge in [0.15, 0.2) is 0 Å². The number of carbonyl (C=O) groups is 1. The molecule has 0 spiro atoms. The minimum atomic E-state index is -0.617. The van der Waals surface area contributed by atoms with E-state index in [0.717, 1.165) is 0 Å². The van der Waals surface area contributed by atoms with E-state index < -0.39 is 6.09 Å². The van der Waals surface area contributed by atoms with Gasteiger partial charge in [0.1, 0.15) is 11.6 Å². The summed E-state index contributed by atoms with van der Waals surface area (Å²) in [5, 5.41) is 11.3. The Morgan fingerprint density at radius 3 is 3.08 bits per heavy atom. The summed E-state index contributed by atoms with van der Waals surface area (Å²) >= 11 is 0. The third-order valence-electron chi connectivity index (χ3n) is 1.16. The number of hydrogen-bond acceptors (Lipinski definition) is 4. The molecule has 0 atom stereocenters. The summed E-state index contributed by atoms with van der Waals surface area (Å²) in [7, 11) is 1.25. The van der Waals surface area contributed by atoms with Crippen molar-refractivity contribution >= 4 is 11.9 Å². The van der Waals surface area contributed by atoms with Crippen molar-refractivity contribution < 1.29 is 14.6 Å². The van der Waals surface area contributed by atoms with Crippen LogP contribution in [-0.2, 0) is 4.74 Å². The number of anilines is 1. The highest BCUT2D eigenvalue weighted by atomic mass is 16.5. The van der Waals surface area contributed by atoms with Gasteiger partial charge in [-0.15, -0.1) is 0 Å². The SMILES string of the molecule is COC(=O)Nc1cc(O)ccn1. The topological polar surface area (TPSA) is 71.5 Å². The molecule has 64 valence electrons. The van der Waals surface area contributed by atoms with Crippen LogP contribution in [0.1, 0.15) is 0 Å². The van der Waals surface area contributed by atoms with Gasteiger partial charge >= 0.3 is 6.09 Å². The lowest BCUT2D eigenvalue weighted by Gasteiger charge is -2.01. The minimum absolute atomic E-state index is 0.0383. The van der Waals surface area contributed by atoms with E-state index in [1.807, 2.05) is 0 Å². The van der Waals surface area contributed by atoms with Crippen molar-refractivity contribution in [2.75, 3.05) is 12.4 Å². The number of pyridine rings is 1. The predicted octanol–water partition coefficient (Wildman–Crippen LogP) is 0.965. The molecule has 5 nitrogen and oxygen atoms in total.